The molecular formula is C21H21FN4O3. The molecule has 2 fully saturated rings. The summed E-state index contributed by atoms with van der Waals surface area (Å²) < 4.78 is 29.2. The Balaban J connectivity index is 1.49. The van der Waals surface area contributed by atoms with Crippen LogP contribution in [-0.2, 0) is 9.47 Å². The van der Waals surface area contributed by atoms with Crippen molar-refractivity contribution in [2.45, 2.75) is 18.6 Å². The minimum atomic E-state index is -0.544. The molecule has 0 saturated carbocycles. The van der Waals surface area contributed by atoms with Crippen LogP contribution in [0.1, 0.15) is 23.2 Å². The number of hydrogen-bond acceptors (Lipinski definition) is 4. The van der Waals surface area contributed by atoms with Crippen LogP contribution < -0.4 is 0 Å². The van der Waals surface area contributed by atoms with E-state index in [2.05, 4.69) is 5.10 Å². The van der Waals surface area contributed by atoms with E-state index in [4.69, 9.17) is 9.47 Å². The van der Waals surface area contributed by atoms with Gasteiger partial charge in [0, 0.05) is 38.3 Å². The van der Waals surface area contributed by atoms with Gasteiger partial charge >= 0.3 is 0 Å². The number of rotatable bonds is 3. The van der Waals surface area contributed by atoms with Gasteiger partial charge in [-0.25, -0.2) is 9.07 Å². The molecule has 0 N–H and O–H groups in total. The molecule has 0 radical (unpaired) electrons. The summed E-state index contributed by atoms with van der Waals surface area (Å²) in [6.45, 7) is 2.27. The number of piperidine rings is 1. The van der Waals surface area contributed by atoms with Gasteiger partial charge in [0.25, 0.3) is 5.91 Å². The molecule has 2 aliphatic heterocycles. The molecule has 2 aromatic heterocycles. The van der Waals surface area contributed by atoms with Crippen molar-refractivity contribution in [3.8, 4) is 11.5 Å². The van der Waals surface area contributed by atoms with Gasteiger partial charge in [-0.1, -0.05) is 12.1 Å². The van der Waals surface area contributed by atoms with Crippen LogP contribution in [0.15, 0.2) is 55.0 Å². The van der Waals surface area contributed by atoms with Crippen molar-refractivity contribution in [2.75, 3.05) is 26.3 Å². The van der Waals surface area contributed by atoms with Gasteiger partial charge in [-0.15, -0.1) is 0 Å². The van der Waals surface area contributed by atoms with Crippen LogP contribution in [0.3, 0.4) is 0 Å². The Bertz CT molecular complexity index is 1010. The van der Waals surface area contributed by atoms with Crippen molar-refractivity contribution in [1.82, 2.24) is 19.2 Å². The second-order valence-electron chi connectivity index (χ2n) is 7.24. The normalized spacial score (nSPS) is 18.4. The fourth-order valence-corrected chi connectivity index (χ4v) is 4.02. The number of likely N-dealkylation sites (tertiary alicyclic amines) is 1. The summed E-state index contributed by atoms with van der Waals surface area (Å²) in [5.41, 5.74) is 0.717. The van der Waals surface area contributed by atoms with Crippen molar-refractivity contribution >= 4 is 5.91 Å². The Morgan fingerprint density at radius 3 is 2.41 bits per heavy atom. The monoisotopic (exact) mass is 396 g/mol. The first-order valence-corrected chi connectivity index (χ1v) is 9.70. The average Bonchev–Trinajstić information content (AvgIpc) is 3.49. The lowest BCUT2D eigenvalue weighted by atomic mass is 10.0. The number of para-hydroxylation sites is 1. The highest BCUT2D eigenvalue weighted by Crippen LogP contribution is 2.32. The summed E-state index contributed by atoms with van der Waals surface area (Å²) in [5.74, 6) is -0.571. The third-order valence-corrected chi connectivity index (χ3v) is 5.53. The van der Waals surface area contributed by atoms with Crippen LogP contribution >= 0.6 is 0 Å². The number of halogens is 1. The molecule has 1 aromatic carbocycles. The van der Waals surface area contributed by atoms with Crippen LogP contribution in [0.5, 0.6) is 0 Å². The van der Waals surface area contributed by atoms with Gasteiger partial charge in [-0.3, -0.25) is 4.79 Å². The van der Waals surface area contributed by atoms with Gasteiger partial charge in [0.1, 0.15) is 17.1 Å². The molecule has 2 aliphatic rings. The van der Waals surface area contributed by atoms with E-state index in [1.807, 2.05) is 24.5 Å². The van der Waals surface area contributed by atoms with Crippen LogP contribution in [0, 0.1) is 5.82 Å². The maximum Gasteiger partial charge on any atom is 0.259 e. The number of hydrogen-bond donors (Lipinski definition) is 0. The fraction of sp³-hybridized carbons (Fsp3) is 0.333. The third kappa shape index (κ3) is 3.14. The smallest absolute Gasteiger partial charge is 0.259 e. The zero-order valence-electron chi connectivity index (χ0n) is 15.8. The van der Waals surface area contributed by atoms with Gasteiger partial charge in [0.2, 0.25) is 0 Å². The Morgan fingerprint density at radius 1 is 1.03 bits per heavy atom. The molecule has 1 spiro atoms. The number of carbonyl (C=O) groups is 1. The first-order valence-electron chi connectivity index (χ1n) is 9.70. The van der Waals surface area contributed by atoms with E-state index in [0.29, 0.717) is 56.2 Å². The molecule has 8 heteroatoms. The standard InChI is InChI=1S/C21H21FN4O3/c22-17-5-1-2-6-18(17)26-19(24-9-3-4-10-24)16(15-23-26)20(27)25-11-7-21(8-12-25)28-13-14-29-21/h1-6,9-10,15H,7-8,11-14H2. The summed E-state index contributed by atoms with van der Waals surface area (Å²) in [5, 5.41) is 4.35. The van der Waals surface area contributed by atoms with Crippen molar-refractivity contribution in [3.63, 3.8) is 0 Å². The van der Waals surface area contributed by atoms with E-state index in [9.17, 15) is 9.18 Å². The minimum absolute atomic E-state index is 0.135. The lowest BCUT2D eigenvalue weighted by molar-refractivity contribution is -0.181. The molecule has 7 nitrogen and oxygen atoms in total. The Kier molecular flexibility index (Phi) is 4.44. The first-order chi connectivity index (χ1) is 14.2. The molecule has 4 heterocycles. The van der Waals surface area contributed by atoms with Crippen molar-refractivity contribution < 1.29 is 18.7 Å². The molecule has 150 valence electrons. The van der Waals surface area contributed by atoms with E-state index < -0.39 is 11.6 Å². The topological polar surface area (TPSA) is 61.5 Å². The molecule has 0 atom stereocenters. The summed E-state index contributed by atoms with van der Waals surface area (Å²) >= 11 is 0. The van der Waals surface area contributed by atoms with Gasteiger partial charge in [0.05, 0.1) is 19.4 Å². The molecule has 0 aliphatic carbocycles. The molecular weight excluding hydrogens is 375 g/mol. The van der Waals surface area contributed by atoms with Crippen molar-refractivity contribution in [1.29, 1.82) is 0 Å². The zero-order valence-corrected chi connectivity index (χ0v) is 15.8. The Labute approximate surface area is 167 Å². The Hall–Kier alpha value is -2.97. The van der Waals surface area contributed by atoms with Crippen molar-refractivity contribution in [2.24, 2.45) is 0 Å². The first kappa shape index (κ1) is 18.1. The number of aromatic nitrogens is 3. The number of benzene rings is 1. The zero-order chi connectivity index (χ0) is 19.8. The van der Waals surface area contributed by atoms with E-state index in [1.54, 1.807) is 27.7 Å². The van der Waals surface area contributed by atoms with Gasteiger partial charge in [0.15, 0.2) is 11.6 Å². The highest BCUT2D eigenvalue weighted by Gasteiger charge is 2.41. The lowest BCUT2D eigenvalue weighted by Crippen LogP contribution is -2.47. The van der Waals surface area contributed by atoms with E-state index in [1.165, 1.54) is 16.9 Å². The van der Waals surface area contributed by atoms with Gasteiger partial charge < -0.3 is 18.9 Å². The highest BCUT2D eigenvalue weighted by molar-refractivity contribution is 5.97. The minimum Gasteiger partial charge on any atom is -0.347 e. The third-order valence-electron chi connectivity index (χ3n) is 5.53. The fourth-order valence-electron chi connectivity index (χ4n) is 4.02. The average molecular weight is 396 g/mol. The quantitative estimate of drug-likeness (QED) is 0.683. The number of carbonyl (C=O) groups excluding carboxylic acids is 1. The predicted octanol–water partition coefficient (Wildman–Crippen LogP) is 2.78. The largest absolute Gasteiger partial charge is 0.347 e. The molecule has 29 heavy (non-hydrogen) atoms. The predicted molar refractivity (Wildman–Crippen MR) is 103 cm³/mol. The summed E-state index contributed by atoms with van der Waals surface area (Å²) in [4.78, 5) is 15.1. The van der Waals surface area contributed by atoms with Crippen molar-refractivity contribution in [3.05, 3.63) is 66.4 Å². The summed E-state index contributed by atoms with van der Waals surface area (Å²) in [6.07, 6.45) is 6.42. The Morgan fingerprint density at radius 2 is 1.72 bits per heavy atom. The van der Waals surface area contributed by atoms with Crippen LogP contribution in [0.2, 0.25) is 0 Å². The lowest BCUT2D eigenvalue weighted by Gasteiger charge is -2.37. The highest BCUT2D eigenvalue weighted by atomic mass is 19.1. The second kappa shape index (κ2) is 7.13. The van der Waals surface area contributed by atoms with E-state index >= 15 is 0 Å². The van der Waals surface area contributed by atoms with Gasteiger partial charge in [-0.2, -0.15) is 5.10 Å². The summed E-state index contributed by atoms with van der Waals surface area (Å²) in [6, 6.07) is 10.1. The number of ether oxygens (including phenoxy) is 2. The SMILES string of the molecule is O=C(c1cnn(-c2ccccc2F)c1-n1cccc1)N1CCC2(CC1)OCCO2. The molecule has 3 aromatic rings. The van der Waals surface area contributed by atoms with Gasteiger partial charge in [-0.05, 0) is 24.3 Å². The maximum absolute atomic E-state index is 14.4. The molecule has 5 rings (SSSR count). The van der Waals surface area contributed by atoms with E-state index in [0.717, 1.165) is 0 Å². The molecule has 1 amide bonds. The second-order valence-corrected chi connectivity index (χ2v) is 7.24. The van der Waals surface area contributed by atoms with E-state index in [-0.39, 0.29) is 5.91 Å². The van der Waals surface area contributed by atoms with Crippen LogP contribution in [0.25, 0.3) is 11.5 Å². The van der Waals surface area contributed by atoms with Crippen LogP contribution in [0.4, 0.5) is 4.39 Å². The van der Waals surface area contributed by atoms with Crippen LogP contribution in [-0.4, -0.2) is 57.2 Å². The molecule has 0 bridgehead atoms. The number of nitrogens with zero attached hydrogens (tertiary/aromatic N) is 4. The number of amides is 1. The maximum atomic E-state index is 14.4. The summed E-state index contributed by atoms with van der Waals surface area (Å²) in [7, 11) is 0. The molecule has 2 saturated heterocycles. The molecule has 0 unspecified atom stereocenters.